The fraction of sp³-hybridized carbons (Fsp3) is 0.250. The zero-order valence-electron chi connectivity index (χ0n) is 8.69. The number of hydrogen-bond donors (Lipinski definition) is 0. The van der Waals surface area contributed by atoms with Crippen LogP contribution < -0.4 is 9.47 Å². The minimum absolute atomic E-state index is 0.398. The first-order valence-corrected chi connectivity index (χ1v) is 4.73. The Bertz CT molecular complexity index is 380. The van der Waals surface area contributed by atoms with Crippen LogP contribution in [-0.4, -0.2) is 13.2 Å². The van der Waals surface area contributed by atoms with Gasteiger partial charge in [0, 0.05) is 0 Å². The molecule has 0 radical (unpaired) electrons. The van der Waals surface area contributed by atoms with Gasteiger partial charge in [-0.05, 0) is 19.1 Å². The van der Waals surface area contributed by atoms with E-state index in [0.717, 1.165) is 0 Å². The van der Waals surface area contributed by atoms with Gasteiger partial charge in [0.05, 0.1) is 12.2 Å². The maximum atomic E-state index is 8.89. The largest absolute Gasteiger partial charge is 0.489 e. The molecule has 0 saturated carbocycles. The van der Waals surface area contributed by atoms with Crippen molar-refractivity contribution in [1.82, 2.24) is 0 Å². The summed E-state index contributed by atoms with van der Waals surface area (Å²) in [5.41, 5.74) is 0.485. The summed E-state index contributed by atoms with van der Waals surface area (Å²) in [5, 5.41) is 8.89. The van der Waals surface area contributed by atoms with Gasteiger partial charge >= 0.3 is 0 Å². The van der Waals surface area contributed by atoms with Gasteiger partial charge in [-0.1, -0.05) is 18.7 Å². The molecule has 0 heterocycles. The minimum Gasteiger partial charge on any atom is -0.489 e. The number of rotatable bonds is 5. The van der Waals surface area contributed by atoms with Crippen LogP contribution in [0, 0.1) is 11.3 Å². The van der Waals surface area contributed by atoms with Crippen molar-refractivity contribution in [3.05, 3.63) is 36.4 Å². The molecule has 1 aromatic carbocycles. The number of ether oxygens (including phenoxy) is 2. The van der Waals surface area contributed by atoms with Crippen LogP contribution >= 0.6 is 0 Å². The highest BCUT2D eigenvalue weighted by Crippen LogP contribution is 2.30. The zero-order chi connectivity index (χ0) is 11.1. The predicted octanol–water partition coefficient (Wildman–Crippen LogP) is 2.52. The fourth-order valence-corrected chi connectivity index (χ4v) is 1.16. The molecular weight excluding hydrogens is 190 g/mol. The zero-order valence-corrected chi connectivity index (χ0v) is 8.69. The van der Waals surface area contributed by atoms with E-state index in [1.54, 1.807) is 24.3 Å². The number of nitriles is 1. The van der Waals surface area contributed by atoms with Crippen LogP contribution in [0.1, 0.15) is 12.5 Å². The molecule has 0 amide bonds. The second-order valence-corrected chi connectivity index (χ2v) is 2.78. The van der Waals surface area contributed by atoms with E-state index >= 15 is 0 Å². The Morgan fingerprint density at radius 3 is 2.87 bits per heavy atom. The van der Waals surface area contributed by atoms with Crippen LogP contribution in [0.4, 0.5) is 0 Å². The van der Waals surface area contributed by atoms with E-state index < -0.39 is 0 Å². The van der Waals surface area contributed by atoms with Gasteiger partial charge in [0.1, 0.15) is 12.7 Å². The molecule has 0 unspecified atom stereocenters. The number of nitrogens with zero attached hydrogens (tertiary/aromatic N) is 1. The van der Waals surface area contributed by atoms with Crippen LogP contribution in [0.15, 0.2) is 30.9 Å². The van der Waals surface area contributed by atoms with E-state index in [-0.39, 0.29) is 0 Å². The summed E-state index contributed by atoms with van der Waals surface area (Å²) in [6.07, 6.45) is 1.65. The average molecular weight is 203 g/mol. The second-order valence-electron chi connectivity index (χ2n) is 2.78. The van der Waals surface area contributed by atoms with Crippen molar-refractivity contribution in [1.29, 1.82) is 5.26 Å². The van der Waals surface area contributed by atoms with Gasteiger partial charge in [-0.15, -0.1) is 0 Å². The monoisotopic (exact) mass is 203 g/mol. The molecule has 0 spiro atoms. The van der Waals surface area contributed by atoms with E-state index in [1.807, 2.05) is 6.92 Å². The van der Waals surface area contributed by atoms with Gasteiger partial charge in [0.15, 0.2) is 11.5 Å². The second kappa shape index (κ2) is 5.71. The van der Waals surface area contributed by atoms with Gasteiger partial charge in [0.2, 0.25) is 0 Å². The highest BCUT2D eigenvalue weighted by molar-refractivity contribution is 5.52. The quantitative estimate of drug-likeness (QED) is 0.690. The molecule has 0 aliphatic rings. The summed E-state index contributed by atoms with van der Waals surface area (Å²) in [5.74, 6) is 1.08. The predicted molar refractivity (Wildman–Crippen MR) is 58.0 cm³/mol. The lowest BCUT2D eigenvalue weighted by Gasteiger charge is -2.11. The van der Waals surface area contributed by atoms with E-state index in [9.17, 15) is 0 Å². The molecule has 78 valence electrons. The molecular formula is C12H13NO2. The number of para-hydroxylation sites is 1. The third-order valence-electron chi connectivity index (χ3n) is 1.74. The Kier molecular flexibility index (Phi) is 4.24. The van der Waals surface area contributed by atoms with Gasteiger partial charge in [0.25, 0.3) is 0 Å². The maximum Gasteiger partial charge on any atom is 0.178 e. The van der Waals surface area contributed by atoms with Crippen molar-refractivity contribution in [2.45, 2.75) is 6.92 Å². The average Bonchev–Trinajstić information content (AvgIpc) is 2.28. The van der Waals surface area contributed by atoms with Crippen LogP contribution in [0.3, 0.4) is 0 Å². The van der Waals surface area contributed by atoms with Crippen LogP contribution in [-0.2, 0) is 0 Å². The van der Waals surface area contributed by atoms with Gasteiger partial charge in [-0.2, -0.15) is 5.26 Å². The Morgan fingerprint density at radius 2 is 2.27 bits per heavy atom. The van der Waals surface area contributed by atoms with Crippen molar-refractivity contribution in [3.63, 3.8) is 0 Å². The molecule has 15 heavy (non-hydrogen) atoms. The lowest BCUT2D eigenvalue weighted by molar-refractivity contribution is 0.296. The summed E-state index contributed by atoms with van der Waals surface area (Å²) >= 11 is 0. The molecule has 3 nitrogen and oxygen atoms in total. The van der Waals surface area contributed by atoms with Crippen molar-refractivity contribution in [2.24, 2.45) is 0 Å². The van der Waals surface area contributed by atoms with E-state index in [1.165, 1.54) is 0 Å². The lowest BCUT2D eigenvalue weighted by atomic mass is 10.2. The molecule has 0 atom stereocenters. The summed E-state index contributed by atoms with van der Waals surface area (Å²) in [7, 11) is 0. The van der Waals surface area contributed by atoms with E-state index in [2.05, 4.69) is 12.6 Å². The Hall–Kier alpha value is -1.95. The van der Waals surface area contributed by atoms with E-state index in [4.69, 9.17) is 14.7 Å². The molecule has 0 aliphatic carbocycles. The molecule has 3 heteroatoms. The van der Waals surface area contributed by atoms with E-state index in [0.29, 0.717) is 30.3 Å². The summed E-state index contributed by atoms with van der Waals surface area (Å²) < 4.78 is 10.8. The van der Waals surface area contributed by atoms with Crippen molar-refractivity contribution < 1.29 is 9.47 Å². The molecule has 1 aromatic rings. The van der Waals surface area contributed by atoms with Gasteiger partial charge < -0.3 is 9.47 Å². The third kappa shape index (κ3) is 2.75. The molecule has 0 bridgehead atoms. The van der Waals surface area contributed by atoms with Crippen molar-refractivity contribution in [3.8, 4) is 17.6 Å². The standard InChI is InChI=1S/C12H13NO2/c1-3-8-15-11-7-5-6-10(9-13)12(11)14-4-2/h3,5-7H,1,4,8H2,2H3. The molecule has 0 N–H and O–H groups in total. The van der Waals surface area contributed by atoms with Gasteiger partial charge in [-0.3, -0.25) is 0 Å². The normalized spacial score (nSPS) is 9.07. The fourth-order valence-electron chi connectivity index (χ4n) is 1.16. The SMILES string of the molecule is C=CCOc1cccc(C#N)c1OCC. The smallest absolute Gasteiger partial charge is 0.178 e. The van der Waals surface area contributed by atoms with Crippen molar-refractivity contribution >= 4 is 0 Å². The summed E-state index contributed by atoms with van der Waals surface area (Å²) in [6, 6.07) is 7.30. The topological polar surface area (TPSA) is 42.2 Å². The first-order valence-electron chi connectivity index (χ1n) is 4.73. The lowest BCUT2D eigenvalue weighted by Crippen LogP contribution is -2.00. The van der Waals surface area contributed by atoms with Gasteiger partial charge in [-0.25, -0.2) is 0 Å². The molecule has 0 fully saturated rings. The first-order chi connectivity index (χ1) is 7.33. The molecule has 0 aromatic heterocycles. The maximum absolute atomic E-state index is 8.89. The number of benzene rings is 1. The first kappa shape index (κ1) is 11.1. The van der Waals surface area contributed by atoms with Crippen LogP contribution in [0.5, 0.6) is 11.5 Å². The van der Waals surface area contributed by atoms with Crippen LogP contribution in [0.25, 0.3) is 0 Å². The third-order valence-corrected chi connectivity index (χ3v) is 1.74. The molecule has 0 saturated heterocycles. The Labute approximate surface area is 89.6 Å². The number of hydrogen-bond acceptors (Lipinski definition) is 3. The van der Waals surface area contributed by atoms with Crippen LogP contribution in [0.2, 0.25) is 0 Å². The summed E-state index contributed by atoms with van der Waals surface area (Å²) in [4.78, 5) is 0. The highest BCUT2D eigenvalue weighted by Gasteiger charge is 2.09. The molecule has 0 aliphatic heterocycles. The molecule has 1 rings (SSSR count). The Balaban J connectivity index is 3.02. The van der Waals surface area contributed by atoms with Crippen molar-refractivity contribution in [2.75, 3.05) is 13.2 Å². The minimum atomic E-state index is 0.398. The summed E-state index contributed by atoms with van der Waals surface area (Å²) in [6.45, 7) is 6.33. The highest BCUT2D eigenvalue weighted by atomic mass is 16.5. The Morgan fingerprint density at radius 1 is 1.47 bits per heavy atom.